The van der Waals surface area contributed by atoms with Gasteiger partial charge in [-0.25, -0.2) is 0 Å². The Morgan fingerprint density at radius 1 is 1.43 bits per heavy atom. The van der Waals surface area contributed by atoms with Gasteiger partial charge < -0.3 is 14.8 Å². The van der Waals surface area contributed by atoms with E-state index in [0.29, 0.717) is 13.2 Å². The number of anilines is 1. The van der Waals surface area contributed by atoms with Crippen LogP contribution in [0.25, 0.3) is 0 Å². The van der Waals surface area contributed by atoms with Crippen LogP contribution in [0.5, 0.6) is 0 Å². The number of halogens is 3. The highest BCUT2D eigenvalue weighted by atomic mass is 19.4. The Morgan fingerprint density at radius 2 is 2.14 bits per heavy atom. The number of alkyl halides is 3. The standard InChI is InChI=1S/C14H15F3N2O2/c1-13(2)20-8-11(21-13)7-19-10-4-3-9(6-18)12(5-10)14(15,16)17/h3-5,11,19H,7-8H2,1-2H3. The number of nitriles is 1. The summed E-state index contributed by atoms with van der Waals surface area (Å²) >= 11 is 0. The van der Waals surface area contributed by atoms with Gasteiger partial charge in [0.15, 0.2) is 5.79 Å². The van der Waals surface area contributed by atoms with Crippen LogP contribution in [0.3, 0.4) is 0 Å². The molecular formula is C14H15F3N2O2. The van der Waals surface area contributed by atoms with Crippen molar-refractivity contribution in [2.45, 2.75) is 31.9 Å². The topological polar surface area (TPSA) is 54.3 Å². The van der Waals surface area contributed by atoms with E-state index in [4.69, 9.17) is 14.7 Å². The van der Waals surface area contributed by atoms with Gasteiger partial charge in [-0.3, -0.25) is 0 Å². The average molecular weight is 300 g/mol. The van der Waals surface area contributed by atoms with Crippen molar-refractivity contribution in [1.29, 1.82) is 5.26 Å². The molecule has 0 saturated carbocycles. The zero-order valence-corrected chi connectivity index (χ0v) is 11.6. The average Bonchev–Trinajstić information content (AvgIpc) is 2.74. The number of ether oxygens (including phenoxy) is 2. The number of benzene rings is 1. The Bertz CT molecular complexity index is 564. The third-order valence-corrected chi connectivity index (χ3v) is 3.05. The summed E-state index contributed by atoms with van der Waals surface area (Å²) in [6, 6.07) is 5.07. The van der Waals surface area contributed by atoms with Crippen molar-refractivity contribution in [3.05, 3.63) is 29.3 Å². The number of rotatable bonds is 3. The van der Waals surface area contributed by atoms with Crippen LogP contribution in [0.4, 0.5) is 18.9 Å². The van der Waals surface area contributed by atoms with E-state index in [1.165, 1.54) is 6.07 Å². The van der Waals surface area contributed by atoms with Crippen molar-refractivity contribution in [2.75, 3.05) is 18.5 Å². The van der Waals surface area contributed by atoms with Gasteiger partial charge in [0.1, 0.15) is 6.10 Å². The minimum Gasteiger partial charge on any atom is -0.382 e. The molecule has 1 aromatic carbocycles. The first-order valence-corrected chi connectivity index (χ1v) is 6.38. The lowest BCUT2D eigenvalue weighted by atomic mass is 10.1. The van der Waals surface area contributed by atoms with E-state index < -0.39 is 23.1 Å². The Labute approximate surface area is 120 Å². The van der Waals surface area contributed by atoms with Crippen LogP contribution in [0, 0.1) is 11.3 Å². The van der Waals surface area contributed by atoms with E-state index in [1.54, 1.807) is 19.9 Å². The molecule has 0 spiro atoms. The summed E-state index contributed by atoms with van der Waals surface area (Å²) in [6.07, 6.45) is -4.79. The van der Waals surface area contributed by atoms with Crippen molar-refractivity contribution < 1.29 is 22.6 Å². The molecule has 0 amide bonds. The molecule has 1 aliphatic rings. The highest BCUT2D eigenvalue weighted by Gasteiger charge is 2.34. The summed E-state index contributed by atoms with van der Waals surface area (Å²) in [4.78, 5) is 0. The van der Waals surface area contributed by atoms with Crippen LogP contribution in [-0.2, 0) is 15.7 Å². The van der Waals surface area contributed by atoms with Crippen LogP contribution in [-0.4, -0.2) is 25.0 Å². The largest absolute Gasteiger partial charge is 0.417 e. The van der Waals surface area contributed by atoms with Crippen molar-refractivity contribution in [1.82, 2.24) is 0 Å². The molecule has 1 unspecified atom stereocenters. The first-order valence-electron chi connectivity index (χ1n) is 6.38. The van der Waals surface area contributed by atoms with Gasteiger partial charge in [-0.15, -0.1) is 0 Å². The maximum absolute atomic E-state index is 12.8. The predicted octanol–water partition coefficient (Wildman–Crippen LogP) is 3.14. The van der Waals surface area contributed by atoms with Gasteiger partial charge in [-0.1, -0.05) is 0 Å². The van der Waals surface area contributed by atoms with Crippen molar-refractivity contribution in [3.8, 4) is 6.07 Å². The predicted molar refractivity (Wildman–Crippen MR) is 69.6 cm³/mol. The zero-order valence-electron chi connectivity index (χ0n) is 11.6. The third-order valence-electron chi connectivity index (χ3n) is 3.05. The summed E-state index contributed by atoms with van der Waals surface area (Å²) in [5.41, 5.74) is -1.05. The molecule has 1 fully saturated rings. The number of nitrogens with zero attached hydrogens (tertiary/aromatic N) is 1. The lowest BCUT2D eigenvalue weighted by molar-refractivity contribution is -0.137. The monoisotopic (exact) mass is 300 g/mol. The molecule has 0 bridgehead atoms. The van der Waals surface area contributed by atoms with E-state index in [0.717, 1.165) is 12.1 Å². The number of hydrogen-bond donors (Lipinski definition) is 1. The fourth-order valence-corrected chi connectivity index (χ4v) is 2.08. The van der Waals surface area contributed by atoms with E-state index in [2.05, 4.69) is 5.32 Å². The smallest absolute Gasteiger partial charge is 0.382 e. The summed E-state index contributed by atoms with van der Waals surface area (Å²) < 4.78 is 49.4. The molecule has 1 N–H and O–H groups in total. The minimum absolute atomic E-state index is 0.231. The lowest BCUT2D eigenvalue weighted by Gasteiger charge is -2.18. The van der Waals surface area contributed by atoms with E-state index in [1.807, 2.05) is 0 Å². The summed E-state index contributed by atoms with van der Waals surface area (Å²) in [5.74, 6) is -0.672. The maximum atomic E-state index is 12.8. The second-order valence-electron chi connectivity index (χ2n) is 5.20. The molecule has 0 aromatic heterocycles. The van der Waals surface area contributed by atoms with Gasteiger partial charge in [0, 0.05) is 12.2 Å². The molecule has 1 aromatic rings. The van der Waals surface area contributed by atoms with Gasteiger partial charge in [0.25, 0.3) is 0 Å². The molecular weight excluding hydrogens is 285 g/mol. The lowest BCUT2D eigenvalue weighted by Crippen LogP contribution is -2.26. The zero-order chi connectivity index (χ0) is 15.7. The van der Waals surface area contributed by atoms with Crippen molar-refractivity contribution in [3.63, 3.8) is 0 Å². The SMILES string of the molecule is CC1(C)OCC(CNc2ccc(C#N)c(C(F)(F)F)c2)O1. The molecule has 4 nitrogen and oxygen atoms in total. The second-order valence-corrected chi connectivity index (χ2v) is 5.20. The van der Waals surface area contributed by atoms with Gasteiger partial charge in [-0.05, 0) is 32.0 Å². The van der Waals surface area contributed by atoms with Crippen molar-refractivity contribution >= 4 is 5.69 Å². The highest BCUT2D eigenvalue weighted by molar-refractivity contribution is 5.53. The second kappa shape index (κ2) is 5.54. The highest BCUT2D eigenvalue weighted by Crippen LogP contribution is 2.33. The molecule has 0 radical (unpaired) electrons. The Hall–Kier alpha value is -1.78. The molecule has 1 atom stereocenters. The third kappa shape index (κ3) is 3.86. The quantitative estimate of drug-likeness (QED) is 0.931. The van der Waals surface area contributed by atoms with Gasteiger partial charge in [0.2, 0.25) is 0 Å². The number of hydrogen-bond acceptors (Lipinski definition) is 4. The Morgan fingerprint density at radius 3 is 2.67 bits per heavy atom. The first kappa shape index (κ1) is 15.6. The molecule has 1 heterocycles. The fraction of sp³-hybridized carbons (Fsp3) is 0.500. The molecule has 1 saturated heterocycles. The molecule has 21 heavy (non-hydrogen) atoms. The van der Waals surface area contributed by atoms with E-state index in [9.17, 15) is 13.2 Å². The van der Waals surface area contributed by atoms with Crippen LogP contribution in [0.1, 0.15) is 25.0 Å². The van der Waals surface area contributed by atoms with Crippen LogP contribution >= 0.6 is 0 Å². The number of nitrogens with one attached hydrogen (secondary N) is 1. The summed E-state index contributed by atoms with van der Waals surface area (Å²) in [5, 5.41) is 11.6. The van der Waals surface area contributed by atoms with Gasteiger partial charge in [0.05, 0.1) is 23.8 Å². The Kier molecular flexibility index (Phi) is 4.12. The normalized spacial score (nSPS) is 21.0. The summed E-state index contributed by atoms with van der Waals surface area (Å²) in [6.45, 7) is 4.25. The van der Waals surface area contributed by atoms with Gasteiger partial charge in [-0.2, -0.15) is 18.4 Å². The Balaban J connectivity index is 2.07. The van der Waals surface area contributed by atoms with Crippen LogP contribution in [0.15, 0.2) is 18.2 Å². The molecule has 1 aliphatic heterocycles. The fourth-order valence-electron chi connectivity index (χ4n) is 2.08. The minimum atomic E-state index is -4.56. The van der Waals surface area contributed by atoms with Crippen molar-refractivity contribution in [2.24, 2.45) is 0 Å². The van der Waals surface area contributed by atoms with Gasteiger partial charge >= 0.3 is 6.18 Å². The van der Waals surface area contributed by atoms with E-state index >= 15 is 0 Å². The van der Waals surface area contributed by atoms with Crippen LogP contribution < -0.4 is 5.32 Å². The molecule has 0 aliphatic carbocycles. The first-order chi connectivity index (χ1) is 9.71. The molecule has 2 rings (SSSR count). The van der Waals surface area contributed by atoms with E-state index in [-0.39, 0.29) is 11.8 Å². The van der Waals surface area contributed by atoms with Crippen LogP contribution in [0.2, 0.25) is 0 Å². The molecule has 7 heteroatoms. The maximum Gasteiger partial charge on any atom is 0.417 e. The summed E-state index contributed by atoms with van der Waals surface area (Å²) in [7, 11) is 0. The molecule has 114 valence electrons.